The maximum Gasteiger partial charge on any atom is 0.269 e. The number of non-ortho nitro benzene ring substituents is 1. The van der Waals surface area contributed by atoms with E-state index in [1.807, 2.05) is 51.1 Å². The number of hydrogen-bond donors (Lipinski definition) is 1. The third-order valence-electron chi connectivity index (χ3n) is 4.81. The molecule has 170 valence electrons. The molecule has 0 saturated heterocycles. The highest BCUT2D eigenvalue weighted by Crippen LogP contribution is 2.26. The van der Waals surface area contributed by atoms with Crippen LogP contribution in [0, 0.1) is 10.1 Å². The first-order valence-corrected chi connectivity index (χ1v) is 10.5. The van der Waals surface area contributed by atoms with Crippen LogP contribution in [0.25, 0.3) is 0 Å². The summed E-state index contributed by atoms with van der Waals surface area (Å²) in [5.74, 6) is -0.805. The topological polar surface area (TPSA) is 105 Å². The van der Waals surface area contributed by atoms with Gasteiger partial charge in [0.1, 0.15) is 0 Å². The van der Waals surface area contributed by atoms with Crippen molar-refractivity contribution in [2.45, 2.75) is 38.9 Å². The van der Waals surface area contributed by atoms with Crippen LogP contribution in [-0.4, -0.2) is 32.2 Å². The molecule has 2 amide bonds. The summed E-state index contributed by atoms with van der Waals surface area (Å²) in [6.45, 7) is 5.73. The summed E-state index contributed by atoms with van der Waals surface area (Å²) in [4.78, 5) is 43.4. The largest absolute Gasteiger partial charge is 0.349 e. The van der Waals surface area contributed by atoms with Gasteiger partial charge in [-0.2, -0.15) is 0 Å². The lowest BCUT2D eigenvalue weighted by Crippen LogP contribution is -2.49. The molecule has 0 aliphatic rings. The van der Waals surface area contributed by atoms with E-state index in [2.05, 4.69) is 10.3 Å². The number of carbonyl (C=O) groups is 2. The monoisotopic (exact) mass is 446 g/mol. The highest BCUT2D eigenvalue weighted by Gasteiger charge is 2.34. The number of rotatable bonds is 7. The molecule has 1 aromatic heterocycles. The molecule has 8 nitrogen and oxygen atoms in total. The molecule has 0 saturated carbocycles. The number of amides is 2. The maximum absolute atomic E-state index is 13.7. The zero-order chi connectivity index (χ0) is 24.0. The van der Waals surface area contributed by atoms with E-state index in [0.29, 0.717) is 5.69 Å². The Bertz CT molecular complexity index is 1110. The standard InChI is InChI=1S/C25H26N4O4/c1-25(2,3)27-23(30)22(21-11-7-8-16-26-21)28(17-18-9-5-4-6-10-18)24(31)19-12-14-20(15-13-19)29(32)33/h4-16,22H,17H2,1-3H3,(H,27,30). The predicted octanol–water partition coefficient (Wildman–Crippen LogP) is 4.29. The Labute approximate surface area is 192 Å². The van der Waals surface area contributed by atoms with Crippen LogP contribution >= 0.6 is 0 Å². The minimum Gasteiger partial charge on any atom is -0.349 e. The Morgan fingerprint density at radius 3 is 2.18 bits per heavy atom. The lowest BCUT2D eigenvalue weighted by Gasteiger charge is -2.33. The van der Waals surface area contributed by atoms with E-state index in [1.165, 1.54) is 29.2 Å². The summed E-state index contributed by atoms with van der Waals surface area (Å²) >= 11 is 0. The van der Waals surface area contributed by atoms with Crippen LogP contribution in [0.5, 0.6) is 0 Å². The minimum atomic E-state index is -1.01. The van der Waals surface area contributed by atoms with Crippen molar-refractivity contribution in [1.29, 1.82) is 0 Å². The Kier molecular flexibility index (Phi) is 7.17. The number of pyridine rings is 1. The van der Waals surface area contributed by atoms with E-state index in [-0.39, 0.29) is 23.7 Å². The number of benzene rings is 2. The van der Waals surface area contributed by atoms with Crippen molar-refractivity contribution < 1.29 is 14.5 Å². The van der Waals surface area contributed by atoms with Gasteiger partial charge in [-0.3, -0.25) is 24.7 Å². The Balaban J connectivity index is 2.08. The highest BCUT2D eigenvalue weighted by atomic mass is 16.6. The zero-order valence-electron chi connectivity index (χ0n) is 18.8. The second-order valence-electron chi connectivity index (χ2n) is 8.62. The van der Waals surface area contributed by atoms with Gasteiger partial charge < -0.3 is 10.2 Å². The van der Waals surface area contributed by atoms with Gasteiger partial charge in [-0.1, -0.05) is 36.4 Å². The van der Waals surface area contributed by atoms with Gasteiger partial charge >= 0.3 is 0 Å². The molecular weight excluding hydrogens is 420 g/mol. The van der Waals surface area contributed by atoms with E-state index in [1.54, 1.807) is 24.4 Å². The third kappa shape index (κ3) is 6.22. The van der Waals surface area contributed by atoms with Gasteiger partial charge in [0.05, 0.1) is 10.6 Å². The summed E-state index contributed by atoms with van der Waals surface area (Å²) in [6, 6.07) is 18.9. The molecule has 1 unspecified atom stereocenters. The minimum absolute atomic E-state index is 0.118. The molecule has 2 aromatic carbocycles. The van der Waals surface area contributed by atoms with Crippen LogP contribution in [0.3, 0.4) is 0 Å². The first-order valence-electron chi connectivity index (χ1n) is 10.5. The molecule has 3 aromatic rings. The quantitative estimate of drug-likeness (QED) is 0.431. The van der Waals surface area contributed by atoms with Gasteiger partial charge in [0, 0.05) is 36.0 Å². The zero-order valence-corrected chi connectivity index (χ0v) is 18.8. The molecule has 1 heterocycles. The molecule has 3 rings (SSSR count). The first kappa shape index (κ1) is 23.6. The Morgan fingerprint density at radius 2 is 1.64 bits per heavy atom. The Morgan fingerprint density at radius 1 is 1.00 bits per heavy atom. The van der Waals surface area contributed by atoms with Crippen molar-refractivity contribution >= 4 is 17.5 Å². The van der Waals surface area contributed by atoms with Gasteiger partial charge in [0.15, 0.2) is 6.04 Å². The molecule has 8 heteroatoms. The number of nitro groups is 1. The number of nitrogens with one attached hydrogen (secondary N) is 1. The molecule has 0 aliphatic heterocycles. The van der Waals surface area contributed by atoms with Gasteiger partial charge in [-0.25, -0.2) is 0 Å². The molecule has 1 N–H and O–H groups in total. The molecular formula is C25H26N4O4. The summed E-state index contributed by atoms with van der Waals surface area (Å²) in [5.41, 5.74) is 0.843. The van der Waals surface area contributed by atoms with E-state index in [9.17, 15) is 19.7 Å². The molecule has 1 atom stereocenters. The average Bonchev–Trinajstić information content (AvgIpc) is 2.78. The SMILES string of the molecule is CC(C)(C)NC(=O)C(c1ccccn1)N(Cc1ccccc1)C(=O)c1ccc([N+](=O)[O-])cc1. The summed E-state index contributed by atoms with van der Waals surface area (Å²) in [7, 11) is 0. The number of hydrogen-bond acceptors (Lipinski definition) is 5. The predicted molar refractivity (Wildman–Crippen MR) is 124 cm³/mol. The number of nitrogens with zero attached hydrogens (tertiary/aromatic N) is 3. The van der Waals surface area contributed by atoms with Gasteiger partial charge in [-0.05, 0) is 50.6 Å². The van der Waals surface area contributed by atoms with Gasteiger partial charge in [-0.15, -0.1) is 0 Å². The molecule has 0 bridgehead atoms. The molecule has 0 spiro atoms. The highest BCUT2D eigenvalue weighted by molar-refractivity contribution is 5.98. The second kappa shape index (κ2) is 10.0. The van der Waals surface area contributed by atoms with Crippen molar-refractivity contribution in [2.24, 2.45) is 0 Å². The number of aromatic nitrogens is 1. The van der Waals surface area contributed by atoms with Crippen LogP contribution in [-0.2, 0) is 11.3 Å². The van der Waals surface area contributed by atoms with Crippen LogP contribution in [0.15, 0.2) is 79.0 Å². The number of nitro benzene ring substituents is 1. The van der Waals surface area contributed by atoms with Crippen molar-refractivity contribution in [3.63, 3.8) is 0 Å². The first-order chi connectivity index (χ1) is 15.7. The van der Waals surface area contributed by atoms with E-state index < -0.39 is 22.4 Å². The van der Waals surface area contributed by atoms with E-state index in [0.717, 1.165) is 5.56 Å². The molecule has 0 radical (unpaired) electrons. The van der Waals surface area contributed by atoms with Crippen molar-refractivity contribution in [1.82, 2.24) is 15.2 Å². The fraction of sp³-hybridized carbons (Fsp3) is 0.240. The fourth-order valence-corrected chi connectivity index (χ4v) is 3.36. The Hall–Kier alpha value is -4.07. The maximum atomic E-state index is 13.7. The van der Waals surface area contributed by atoms with Crippen LogP contribution in [0.1, 0.15) is 48.4 Å². The fourth-order valence-electron chi connectivity index (χ4n) is 3.36. The van der Waals surface area contributed by atoms with Gasteiger partial charge in [0.25, 0.3) is 11.6 Å². The van der Waals surface area contributed by atoms with Crippen molar-refractivity contribution in [3.8, 4) is 0 Å². The van der Waals surface area contributed by atoms with E-state index in [4.69, 9.17) is 0 Å². The van der Waals surface area contributed by atoms with E-state index >= 15 is 0 Å². The molecule has 0 fully saturated rings. The molecule has 33 heavy (non-hydrogen) atoms. The second-order valence-corrected chi connectivity index (χ2v) is 8.62. The number of carbonyl (C=O) groups excluding carboxylic acids is 2. The summed E-state index contributed by atoms with van der Waals surface area (Å²) in [5, 5.41) is 14.0. The van der Waals surface area contributed by atoms with Crippen LogP contribution in [0.2, 0.25) is 0 Å². The van der Waals surface area contributed by atoms with Crippen LogP contribution in [0.4, 0.5) is 5.69 Å². The lowest BCUT2D eigenvalue weighted by atomic mass is 10.0. The van der Waals surface area contributed by atoms with Crippen molar-refractivity contribution in [3.05, 3.63) is 106 Å². The van der Waals surface area contributed by atoms with Crippen LogP contribution < -0.4 is 5.32 Å². The van der Waals surface area contributed by atoms with Crippen molar-refractivity contribution in [2.75, 3.05) is 0 Å². The lowest BCUT2D eigenvalue weighted by molar-refractivity contribution is -0.384. The van der Waals surface area contributed by atoms with Gasteiger partial charge in [0.2, 0.25) is 5.91 Å². The average molecular weight is 447 g/mol. The summed E-state index contributed by atoms with van der Waals surface area (Å²) < 4.78 is 0. The summed E-state index contributed by atoms with van der Waals surface area (Å²) in [6.07, 6.45) is 1.57. The molecule has 0 aliphatic carbocycles. The normalized spacial score (nSPS) is 12.0. The third-order valence-corrected chi connectivity index (χ3v) is 4.81. The smallest absolute Gasteiger partial charge is 0.269 e.